The summed E-state index contributed by atoms with van der Waals surface area (Å²) in [6.07, 6.45) is -2.65. The molecule has 0 bridgehead atoms. The lowest BCUT2D eigenvalue weighted by molar-refractivity contribution is 0.146. The number of hydrogen-bond acceptors (Lipinski definition) is 1. The Morgan fingerprint density at radius 1 is 1.13 bits per heavy atom. The lowest BCUT2D eigenvalue weighted by Gasteiger charge is -2.05. The topological polar surface area (TPSA) is 12.9 Å². The Balaban J connectivity index is 2.80. The molecular formula is C10H5Cl2F2N. The van der Waals surface area contributed by atoms with Crippen molar-refractivity contribution in [2.45, 2.75) is 6.43 Å². The van der Waals surface area contributed by atoms with E-state index in [1.54, 1.807) is 18.2 Å². The summed E-state index contributed by atoms with van der Waals surface area (Å²) < 4.78 is 24.9. The molecule has 2 rings (SSSR count). The third kappa shape index (κ3) is 1.90. The van der Waals surface area contributed by atoms with Crippen LogP contribution < -0.4 is 0 Å². The van der Waals surface area contributed by atoms with Gasteiger partial charge in [0.15, 0.2) is 0 Å². The van der Waals surface area contributed by atoms with Crippen LogP contribution in [0.5, 0.6) is 0 Å². The van der Waals surface area contributed by atoms with Crippen molar-refractivity contribution in [1.82, 2.24) is 4.98 Å². The normalized spacial score (nSPS) is 11.3. The summed E-state index contributed by atoms with van der Waals surface area (Å²) in [4.78, 5) is 3.77. The fraction of sp³-hybridized carbons (Fsp3) is 0.100. The van der Waals surface area contributed by atoms with Crippen LogP contribution in [0.4, 0.5) is 8.78 Å². The second kappa shape index (κ2) is 3.91. The van der Waals surface area contributed by atoms with Crippen molar-refractivity contribution in [3.05, 3.63) is 40.0 Å². The number of para-hydroxylation sites is 1. The summed E-state index contributed by atoms with van der Waals surface area (Å²) in [5, 5.41) is 1.13. The number of aromatic nitrogens is 1. The van der Waals surface area contributed by atoms with Crippen molar-refractivity contribution >= 4 is 34.1 Å². The third-order valence-corrected chi connectivity index (χ3v) is 2.60. The van der Waals surface area contributed by atoms with Gasteiger partial charge in [0.2, 0.25) is 0 Å². The molecule has 78 valence electrons. The molecule has 1 aromatic carbocycles. The first kappa shape index (κ1) is 10.6. The molecule has 0 unspecified atom stereocenters. The smallest absolute Gasteiger partial charge is 0.245 e. The number of fused-ring (bicyclic) bond motifs is 1. The summed E-state index contributed by atoms with van der Waals surface area (Å²) in [7, 11) is 0. The van der Waals surface area contributed by atoms with Gasteiger partial charge in [-0.1, -0.05) is 35.3 Å². The summed E-state index contributed by atoms with van der Waals surface area (Å²) in [5.74, 6) is 0. The fourth-order valence-electron chi connectivity index (χ4n) is 1.30. The minimum absolute atomic E-state index is 0.234. The zero-order chi connectivity index (χ0) is 11.0. The summed E-state index contributed by atoms with van der Waals surface area (Å²) in [5.41, 5.74) is -0.0532. The van der Waals surface area contributed by atoms with E-state index in [1.807, 2.05) is 0 Å². The van der Waals surface area contributed by atoms with Gasteiger partial charge in [-0.25, -0.2) is 13.8 Å². The van der Waals surface area contributed by atoms with Crippen LogP contribution in [0.3, 0.4) is 0 Å². The third-order valence-electron chi connectivity index (χ3n) is 1.98. The Labute approximate surface area is 94.6 Å². The predicted molar refractivity (Wildman–Crippen MR) is 56.7 cm³/mol. The van der Waals surface area contributed by atoms with E-state index in [9.17, 15) is 8.78 Å². The highest BCUT2D eigenvalue weighted by atomic mass is 35.5. The van der Waals surface area contributed by atoms with E-state index in [-0.39, 0.29) is 10.7 Å². The molecule has 0 aliphatic carbocycles. The molecule has 5 heteroatoms. The van der Waals surface area contributed by atoms with Crippen molar-refractivity contribution in [2.75, 3.05) is 0 Å². The van der Waals surface area contributed by atoms with Crippen LogP contribution >= 0.6 is 23.2 Å². The van der Waals surface area contributed by atoms with E-state index in [4.69, 9.17) is 23.2 Å². The van der Waals surface area contributed by atoms with Gasteiger partial charge >= 0.3 is 0 Å². The van der Waals surface area contributed by atoms with Gasteiger partial charge < -0.3 is 0 Å². The van der Waals surface area contributed by atoms with E-state index < -0.39 is 6.43 Å². The lowest BCUT2D eigenvalue weighted by Crippen LogP contribution is -1.91. The van der Waals surface area contributed by atoms with Gasteiger partial charge in [0.05, 0.1) is 15.6 Å². The first-order chi connectivity index (χ1) is 7.09. The predicted octanol–water partition coefficient (Wildman–Crippen LogP) is 4.48. The first-order valence-electron chi connectivity index (χ1n) is 4.12. The van der Waals surface area contributed by atoms with E-state index in [1.165, 1.54) is 0 Å². The van der Waals surface area contributed by atoms with Crippen LogP contribution in [-0.2, 0) is 0 Å². The summed E-state index contributed by atoms with van der Waals surface area (Å²) >= 11 is 11.7. The highest BCUT2D eigenvalue weighted by Crippen LogP contribution is 2.30. The molecule has 0 spiro atoms. The van der Waals surface area contributed by atoms with Crippen LogP contribution in [-0.4, -0.2) is 4.98 Å². The van der Waals surface area contributed by atoms with E-state index in [0.29, 0.717) is 15.9 Å². The van der Waals surface area contributed by atoms with Crippen molar-refractivity contribution < 1.29 is 8.78 Å². The van der Waals surface area contributed by atoms with Crippen molar-refractivity contribution in [1.29, 1.82) is 0 Å². The zero-order valence-corrected chi connectivity index (χ0v) is 8.86. The number of halogens is 4. The second-order valence-electron chi connectivity index (χ2n) is 2.97. The number of benzene rings is 1. The Morgan fingerprint density at radius 3 is 2.53 bits per heavy atom. The highest BCUT2D eigenvalue weighted by Gasteiger charge is 2.13. The molecule has 0 aliphatic rings. The van der Waals surface area contributed by atoms with Crippen LogP contribution in [0, 0.1) is 0 Å². The summed E-state index contributed by atoms with van der Waals surface area (Å²) in [6, 6.07) is 6.12. The Morgan fingerprint density at radius 2 is 1.87 bits per heavy atom. The van der Waals surface area contributed by atoms with Crippen LogP contribution in [0.1, 0.15) is 12.1 Å². The first-order valence-corrected chi connectivity index (χ1v) is 4.88. The maximum absolute atomic E-state index is 12.4. The van der Waals surface area contributed by atoms with Crippen LogP contribution in [0.25, 0.3) is 10.9 Å². The van der Waals surface area contributed by atoms with Gasteiger partial charge in [0.25, 0.3) is 6.43 Å². The van der Waals surface area contributed by atoms with E-state index in [2.05, 4.69) is 4.98 Å². The molecule has 0 aliphatic heterocycles. The molecule has 1 heterocycles. The summed E-state index contributed by atoms with van der Waals surface area (Å²) in [6.45, 7) is 0. The molecular weight excluding hydrogens is 243 g/mol. The minimum atomic E-state index is -2.65. The quantitative estimate of drug-likeness (QED) is 0.724. The minimum Gasteiger partial charge on any atom is -0.245 e. The molecule has 0 radical (unpaired) electrons. The largest absolute Gasteiger partial charge is 0.280 e. The molecule has 0 N–H and O–H groups in total. The van der Waals surface area contributed by atoms with Gasteiger partial charge in [-0.15, -0.1) is 0 Å². The maximum Gasteiger partial charge on any atom is 0.280 e. The second-order valence-corrected chi connectivity index (χ2v) is 3.78. The number of hydrogen-bond donors (Lipinski definition) is 0. The Hall–Kier alpha value is -0.930. The molecule has 2 aromatic rings. The zero-order valence-electron chi connectivity index (χ0n) is 7.35. The SMILES string of the molecule is FC(F)c1cc(Cl)c2cccc(Cl)c2n1. The average molecular weight is 248 g/mol. The van der Waals surface area contributed by atoms with Gasteiger partial charge in [0, 0.05) is 5.39 Å². The molecule has 0 saturated carbocycles. The lowest BCUT2D eigenvalue weighted by atomic mass is 10.2. The standard InChI is InChI=1S/C10H5Cl2F2N/c11-6-3-1-2-5-7(12)4-8(10(13)14)15-9(5)6/h1-4,10H. The van der Waals surface area contributed by atoms with Gasteiger partial charge in [-0.3, -0.25) is 0 Å². The average Bonchev–Trinajstić information content (AvgIpc) is 2.19. The fourth-order valence-corrected chi connectivity index (χ4v) is 1.78. The monoisotopic (exact) mass is 247 g/mol. The number of pyridine rings is 1. The van der Waals surface area contributed by atoms with Crippen LogP contribution in [0.15, 0.2) is 24.3 Å². The van der Waals surface area contributed by atoms with Crippen molar-refractivity contribution in [3.63, 3.8) is 0 Å². The molecule has 1 nitrogen and oxygen atoms in total. The van der Waals surface area contributed by atoms with Gasteiger partial charge in [-0.05, 0) is 12.1 Å². The molecule has 1 aromatic heterocycles. The molecule has 0 saturated heterocycles. The Bertz CT molecular complexity index is 514. The van der Waals surface area contributed by atoms with E-state index >= 15 is 0 Å². The molecule has 0 atom stereocenters. The molecule has 0 amide bonds. The van der Waals surface area contributed by atoms with E-state index in [0.717, 1.165) is 6.07 Å². The van der Waals surface area contributed by atoms with Gasteiger partial charge in [0.1, 0.15) is 5.69 Å². The van der Waals surface area contributed by atoms with Crippen molar-refractivity contribution in [2.24, 2.45) is 0 Å². The Kier molecular flexibility index (Phi) is 2.76. The molecule has 0 fully saturated rings. The maximum atomic E-state index is 12.4. The van der Waals surface area contributed by atoms with Crippen LogP contribution in [0.2, 0.25) is 10.0 Å². The number of alkyl halides is 2. The van der Waals surface area contributed by atoms with Gasteiger partial charge in [-0.2, -0.15) is 0 Å². The number of nitrogens with zero attached hydrogens (tertiary/aromatic N) is 1. The van der Waals surface area contributed by atoms with Crippen molar-refractivity contribution in [3.8, 4) is 0 Å². The highest BCUT2D eigenvalue weighted by molar-refractivity contribution is 6.39. The number of rotatable bonds is 1. The molecule has 15 heavy (non-hydrogen) atoms.